The zero-order chi connectivity index (χ0) is 18.2. The number of carbonyl (C=O) groups is 1. The van der Waals surface area contributed by atoms with Crippen molar-refractivity contribution in [3.8, 4) is 11.5 Å². The second-order valence-electron chi connectivity index (χ2n) is 5.46. The summed E-state index contributed by atoms with van der Waals surface area (Å²) in [4.78, 5) is 14.3. The van der Waals surface area contributed by atoms with Crippen molar-refractivity contribution in [3.05, 3.63) is 41.9 Å². The van der Waals surface area contributed by atoms with Gasteiger partial charge in [-0.2, -0.15) is 0 Å². The van der Waals surface area contributed by atoms with Gasteiger partial charge in [-0.3, -0.25) is 0 Å². The number of ether oxygens (including phenoxy) is 3. The summed E-state index contributed by atoms with van der Waals surface area (Å²) in [5.74, 6) is 2.71. The molecule has 0 aliphatic rings. The van der Waals surface area contributed by atoms with Crippen molar-refractivity contribution in [1.29, 1.82) is 0 Å². The number of furan rings is 1. The molecule has 0 radical (unpaired) electrons. The van der Waals surface area contributed by atoms with Gasteiger partial charge in [0.05, 0.1) is 27.4 Å². The molecule has 0 saturated heterocycles. The monoisotopic (exact) mass is 348 g/mol. The summed E-state index contributed by atoms with van der Waals surface area (Å²) in [6, 6.07) is 8.66. The zero-order valence-corrected chi connectivity index (χ0v) is 15.0. The van der Waals surface area contributed by atoms with Crippen molar-refractivity contribution in [3.63, 3.8) is 0 Å². The van der Waals surface area contributed by atoms with Gasteiger partial charge >= 0.3 is 6.03 Å². The molecule has 1 heterocycles. The maximum atomic E-state index is 12.7. The third-order valence-corrected chi connectivity index (χ3v) is 3.60. The van der Waals surface area contributed by atoms with Crippen LogP contribution in [0.25, 0.3) is 0 Å². The highest BCUT2D eigenvalue weighted by atomic mass is 16.5. The first-order chi connectivity index (χ1) is 12.0. The topological polar surface area (TPSA) is 73.2 Å². The smallest absolute Gasteiger partial charge is 0.322 e. The third-order valence-electron chi connectivity index (χ3n) is 3.60. The van der Waals surface area contributed by atoms with Gasteiger partial charge in [-0.15, -0.1) is 0 Å². The predicted molar refractivity (Wildman–Crippen MR) is 94.3 cm³/mol. The van der Waals surface area contributed by atoms with Crippen molar-refractivity contribution in [1.82, 2.24) is 4.90 Å². The molecule has 0 fully saturated rings. The Balaban J connectivity index is 2.12. The van der Waals surface area contributed by atoms with E-state index in [0.29, 0.717) is 42.6 Å². The summed E-state index contributed by atoms with van der Waals surface area (Å²) in [5, 5.41) is 2.86. The van der Waals surface area contributed by atoms with Crippen LogP contribution in [-0.2, 0) is 11.3 Å². The van der Waals surface area contributed by atoms with Crippen molar-refractivity contribution in [2.45, 2.75) is 13.5 Å². The van der Waals surface area contributed by atoms with Gasteiger partial charge in [-0.05, 0) is 19.1 Å². The van der Waals surface area contributed by atoms with Crippen LogP contribution >= 0.6 is 0 Å². The minimum Gasteiger partial charge on any atom is -0.497 e. The van der Waals surface area contributed by atoms with Crippen LogP contribution in [0.2, 0.25) is 0 Å². The van der Waals surface area contributed by atoms with E-state index in [1.54, 1.807) is 44.4 Å². The van der Waals surface area contributed by atoms with Gasteiger partial charge in [0, 0.05) is 37.5 Å². The molecule has 0 spiro atoms. The molecular formula is C18H24N2O5. The summed E-state index contributed by atoms with van der Waals surface area (Å²) in [6.45, 7) is 3.08. The quantitative estimate of drug-likeness (QED) is 0.792. The molecule has 1 aromatic heterocycles. The van der Waals surface area contributed by atoms with Crippen molar-refractivity contribution < 1.29 is 23.4 Å². The van der Waals surface area contributed by atoms with E-state index < -0.39 is 0 Å². The lowest BCUT2D eigenvalue weighted by molar-refractivity contribution is 0.149. The summed E-state index contributed by atoms with van der Waals surface area (Å²) in [7, 11) is 4.72. The zero-order valence-electron chi connectivity index (χ0n) is 15.0. The largest absolute Gasteiger partial charge is 0.497 e. The molecule has 0 saturated carbocycles. The summed E-state index contributed by atoms with van der Waals surface area (Å²) >= 11 is 0. The number of benzene rings is 1. The lowest BCUT2D eigenvalue weighted by Gasteiger charge is -2.22. The summed E-state index contributed by atoms with van der Waals surface area (Å²) < 4.78 is 21.1. The second-order valence-corrected chi connectivity index (χ2v) is 5.46. The Morgan fingerprint density at radius 2 is 1.80 bits per heavy atom. The molecule has 7 nitrogen and oxygen atoms in total. The molecule has 1 aromatic carbocycles. The molecule has 0 bridgehead atoms. The molecular weight excluding hydrogens is 324 g/mol. The highest BCUT2D eigenvalue weighted by Gasteiger charge is 2.16. The third kappa shape index (κ3) is 5.42. The van der Waals surface area contributed by atoms with Gasteiger partial charge in [-0.25, -0.2) is 4.79 Å². The van der Waals surface area contributed by atoms with Crippen LogP contribution in [0.15, 0.2) is 34.7 Å². The molecule has 2 rings (SSSR count). The van der Waals surface area contributed by atoms with E-state index in [-0.39, 0.29) is 6.03 Å². The van der Waals surface area contributed by atoms with E-state index >= 15 is 0 Å². The SMILES string of the molecule is COCCN(Cc1ccc(C)o1)C(=O)Nc1cc(OC)cc(OC)c1. The fourth-order valence-electron chi connectivity index (χ4n) is 2.29. The minimum absolute atomic E-state index is 0.263. The van der Waals surface area contributed by atoms with Crippen LogP contribution in [0.4, 0.5) is 10.5 Å². The van der Waals surface area contributed by atoms with Gasteiger partial charge in [0.15, 0.2) is 0 Å². The highest BCUT2D eigenvalue weighted by Crippen LogP contribution is 2.26. The second kappa shape index (κ2) is 8.98. The standard InChI is InChI=1S/C18H24N2O5/c1-13-5-6-15(25-13)12-20(7-8-22-2)18(21)19-14-9-16(23-3)11-17(10-14)24-4/h5-6,9-11H,7-8,12H2,1-4H3,(H,19,21). The Kier molecular flexibility index (Phi) is 6.71. The molecule has 0 aliphatic carbocycles. The Labute approximate surface area is 147 Å². The number of rotatable bonds is 8. The number of amides is 2. The average molecular weight is 348 g/mol. The van der Waals surface area contributed by atoms with Crippen LogP contribution in [0.3, 0.4) is 0 Å². The lowest BCUT2D eigenvalue weighted by atomic mass is 10.2. The summed E-state index contributed by atoms with van der Waals surface area (Å²) in [5.41, 5.74) is 0.583. The first-order valence-electron chi connectivity index (χ1n) is 7.89. The molecule has 2 amide bonds. The van der Waals surface area contributed by atoms with Crippen LogP contribution in [0.5, 0.6) is 11.5 Å². The number of hydrogen-bond donors (Lipinski definition) is 1. The highest BCUT2D eigenvalue weighted by molar-refractivity contribution is 5.89. The van der Waals surface area contributed by atoms with E-state index in [1.807, 2.05) is 19.1 Å². The fraction of sp³-hybridized carbons (Fsp3) is 0.389. The van der Waals surface area contributed by atoms with Crippen LogP contribution in [0.1, 0.15) is 11.5 Å². The number of nitrogens with zero attached hydrogens (tertiary/aromatic N) is 1. The van der Waals surface area contributed by atoms with Gasteiger partial charge in [0.1, 0.15) is 23.0 Å². The van der Waals surface area contributed by atoms with Gasteiger partial charge < -0.3 is 28.8 Å². The maximum absolute atomic E-state index is 12.7. The van der Waals surface area contributed by atoms with Crippen molar-refractivity contribution in [2.75, 3.05) is 39.8 Å². The van der Waals surface area contributed by atoms with Crippen molar-refractivity contribution >= 4 is 11.7 Å². The molecule has 7 heteroatoms. The number of aryl methyl sites for hydroxylation is 1. The normalized spacial score (nSPS) is 10.4. The van der Waals surface area contributed by atoms with Gasteiger partial charge in [-0.1, -0.05) is 0 Å². The maximum Gasteiger partial charge on any atom is 0.322 e. The van der Waals surface area contributed by atoms with Gasteiger partial charge in [0.25, 0.3) is 0 Å². The molecule has 136 valence electrons. The van der Waals surface area contributed by atoms with Gasteiger partial charge in [0.2, 0.25) is 0 Å². The number of anilines is 1. The molecule has 0 unspecified atom stereocenters. The number of carbonyl (C=O) groups excluding carboxylic acids is 1. The molecule has 2 aromatic rings. The van der Waals surface area contributed by atoms with E-state index in [2.05, 4.69) is 5.32 Å². The number of nitrogens with one attached hydrogen (secondary N) is 1. The Morgan fingerprint density at radius 3 is 2.32 bits per heavy atom. The van der Waals surface area contributed by atoms with E-state index in [9.17, 15) is 4.79 Å². The molecule has 1 N–H and O–H groups in total. The number of urea groups is 1. The first-order valence-corrected chi connectivity index (χ1v) is 7.89. The number of methoxy groups -OCH3 is 3. The Hall–Kier alpha value is -2.67. The minimum atomic E-state index is -0.263. The van der Waals surface area contributed by atoms with Crippen LogP contribution in [0, 0.1) is 6.92 Å². The predicted octanol–water partition coefficient (Wildman–Crippen LogP) is 3.29. The number of hydrogen-bond acceptors (Lipinski definition) is 5. The average Bonchev–Trinajstić information content (AvgIpc) is 3.02. The first kappa shape index (κ1) is 18.7. The van der Waals surface area contributed by atoms with Crippen molar-refractivity contribution in [2.24, 2.45) is 0 Å². The van der Waals surface area contributed by atoms with E-state index in [1.165, 1.54) is 0 Å². The lowest BCUT2D eigenvalue weighted by Crippen LogP contribution is -2.36. The summed E-state index contributed by atoms with van der Waals surface area (Å²) in [6.07, 6.45) is 0. The molecule has 25 heavy (non-hydrogen) atoms. The van der Waals surface area contributed by atoms with E-state index in [0.717, 1.165) is 5.76 Å². The van der Waals surface area contributed by atoms with Crippen LogP contribution in [-0.4, -0.2) is 45.4 Å². The fourth-order valence-corrected chi connectivity index (χ4v) is 2.29. The molecule has 0 atom stereocenters. The Bertz CT molecular complexity index is 676. The Morgan fingerprint density at radius 1 is 1.12 bits per heavy atom. The van der Waals surface area contributed by atoms with E-state index in [4.69, 9.17) is 18.6 Å². The molecule has 0 aliphatic heterocycles. The van der Waals surface area contributed by atoms with Crippen LogP contribution < -0.4 is 14.8 Å².